The summed E-state index contributed by atoms with van der Waals surface area (Å²) in [4.78, 5) is 37.3. The Hall–Kier alpha value is -4.66. The molecule has 0 saturated carbocycles. The number of hydrogen-bond acceptors (Lipinski definition) is 6. The topological polar surface area (TPSA) is 98.8 Å². The first-order valence-corrected chi connectivity index (χ1v) is 11.4. The molecule has 0 aliphatic carbocycles. The Morgan fingerprint density at radius 1 is 1.11 bits per heavy atom. The number of ketones is 1. The van der Waals surface area contributed by atoms with E-state index in [1.54, 1.807) is 42.5 Å². The Bertz CT molecular complexity index is 1560. The summed E-state index contributed by atoms with van der Waals surface area (Å²) in [5.41, 5.74) is 2.54. The van der Waals surface area contributed by atoms with Crippen LogP contribution in [0, 0.1) is 5.82 Å². The number of nitrogens with one attached hydrogen (secondary N) is 1. The summed E-state index contributed by atoms with van der Waals surface area (Å²) in [6.45, 7) is 1.23. The lowest BCUT2D eigenvalue weighted by Crippen LogP contribution is -2.30. The fourth-order valence-corrected chi connectivity index (χ4v) is 4.74. The van der Waals surface area contributed by atoms with Gasteiger partial charge >= 0.3 is 5.91 Å². The van der Waals surface area contributed by atoms with Crippen LogP contribution in [-0.4, -0.2) is 47.0 Å². The molecule has 2 N–H and O–H groups in total. The highest BCUT2D eigenvalue weighted by molar-refractivity contribution is 6.51. The fourth-order valence-electron chi connectivity index (χ4n) is 4.74. The van der Waals surface area contributed by atoms with Gasteiger partial charge in [-0.2, -0.15) is 0 Å². The number of carbonyl (C=O) groups excluding carboxylic acids is 2. The number of halogens is 1. The Kier molecular flexibility index (Phi) is 4.99. The number of aromatic nitrogens is 2. The number of likely N-dealkylation sites (N-methyl/N-ethyl adjacent to an activating group) is 1. The van der Waals surface area contributed by atoms with Crippen molar-refractivity contribution in [2.24, 2.45) is 0 Å². The number of anilines is 2. The normalized spacial score (nSPS) is 19.0. The number of Topliss-reactive ketones (excluding diaryl/α,β-unsaturated/α-hetero) is 1. The first kappa shape index (κ1) is 21.8. The van der Waals surface area contributed by atoms with Crippen molar-refractivity contribution in [2.75, 3.05) is 30.0 Å². The van der Waals surface area contributed by atoms with Gasteiger partial charge in [0.1, 0.15) is 23.9 Å². The van der Waals surface area contributed by atoms with Gasteiger partial charge in [-0.05, 0) is 42.0 Å². The van der Waals surface area contributed by atoms with Crippen LogP contribution in [0.2, 0.25) is 0 Å². The first-order valence-electron chi connectivity index (χ1n) is 11.4. The van der Waals surface area contributed by atoms with Crippen LogP contribution in [0.5, 0.6) is 5.75 Å². The number of rotatable bonds is 3. The average Bonchev–Trinajstić information content (AvgIpc) is 3.42. The highest BCUT2D eigenvalue weighted by Gasteiger charge is 2.48. The van der Waals surface area contributed by atoms with Crippen LogP contribution in [0.4, 0.5) is 16.0 Å². The predicted octanol–water partition coefficient (Wildman–Crippen LogP) is 4.16. The molecule has 1 unspecified atom stereocenters. The van der Waals surface area contributed by atoms with E-state index in [0.717, 1.165) is 5.69 Å². The van der Waals surface area contributed by atoms with Crippen LogP contribution >= 0.6 is 0 Å². The molecule has 0 bridgehead atoms. The van der Waals surface area contributed by atoms with Crippen molar-refractivity contribution in [1.82, 2.24) is 9.97 Å². The highest BCUT2D eigenvalue weighted by Crippen LogP contribution is 2.42. The van der Waals surface area contributed by atoms with Crippen molar-refractivity contribution < 1.29 is 23.8 Å². The Morgan fingerprint density at radius 3 is 2.72 bits per heavy atom. The zero-order chi connectivity index (χ0) is 25.0. The molecule has 1 atom stereocenters. The van der Waals surface area contributed by atoms with Crippen LogP contribution in [0.3, 0.4) is 0 Å². The summed E-state index contributed by atoms with van der Waals surface area (Å²) in [7, 11) is 1.92. The lowest BCUT2D eigenvalue weighted by atomic mass is 9.95. The minimum absolute atomic E-state index is 0.0582. The van der Waals surface area contributed by atoms with E-state index < -0.39 is 23.5 Å². The number of fused-ring (bicyclic) bond motifs is 2. The van der Waals surface area contributed by atoms with Gasteiger partial charge in [0, 0.05) is 12.6 Å². The number of aliphatic hydroxyl groups excluding tert-OH is 1. The monoisotopic (exact) mass is 484 g/mol. The number of H-pyrrole nitrogens is 1. The van der Waals surface area contributed by atoms with E-state index in [2.05, 4.69) is 9.97 Å². The summed E-state index contributed by atoms with van der Waals surface area (Å²) in [5.74, 6) is -1.67. The zero-order valence-corrected chi connectivity index (χ0v) is 19.2. The maximum atomic E-state index is 13.8. The van der Waals surface area contributed by atoms with Crippen molar-refractivity contribution in [3.63, 3.8) is 0 Å². The van der Waals surface area contributed by atoms with Crippen LogP contribution in [0.15, 0.2) is 72.3 Å². The van der Waals surface area contributed by atoms with E-state index in [1.165, 1.54) is 23.1 Å². The lowest BCUT2D eigenvalue weighted by molar-refractivity contribution is -0.132. The number of ether oxygens (including phenoxy) is 1. The third-order valence-corrected chi connectivity index (χ3v) is 6.55. The molecule has 2 aliphatic rings. The van der Waals surface area contributed by atoms with Crippen LogP contribution in [0.1, 0.15) is 17.2 Å². The largest absolute Gasteiger partial charge is 0.507 e. The molecule has 36 heavy (non-hydrogen) atoms. The standard InChI is InChI=1S/C27H21FN4O4/c1-31-11-12-36-21-10-7-16(13-20(21)31)24(33)22-23(15-5-3-2-4-6-15)32(26(35)25(22)34)27-29-18-9-8-17(28)14-19(18)30-27/h2-10,13-14,23,33H,11-12H2,1H3,(H,29,30)/b24-22+. The molecule has 6 rings (SSSR count). The third-order valence-electron chi connectivity index (χ3n) is 6.55. The molecular formula is C27H21FN4O4. The molecule has 4 aromatic rings. The van der Waals surface area contributed by atoms with E-state index in [9.17, 15) is 19.1 Å². The Morgan fingerprint density at radius 2 is 1.92 bits per heavy atom. The van der Waals surface area contributed by atoms with E-state index >= 15 is 0 Å². The number of amides is 1. The maximum absolute atomic E-state index is 13.8. The number of imidazole rings is 1. The van der Waals surface area contributed by atoms with Crippen molar-refractivity contribution >= 4 is 40.1 Å². The highest BCUT2D eigenvalue weighted by atomic mass is 19.1. The third kappa shape index (κ3) is 3.39. The predicted molar refractivity (Wildman–Crippen MR) is 132 cm³/mol. The minimum atomic E-state index is -0.943. The molecule has 9 heteroatoms. The second kappa shape index (κ2) is 8.23. The molecule has 3 heterocycles. The SMILES string of the molecule is CN1CCOc2ccc(/C(O)=C3\C(=O)C(=O)N(c4nc5ccc(F)cc5[nH]4)C3c3ccccc3)cc21. The molecule has 8 nitrogen and oxygen atoms in total. The number of aliphatic hydroxyl groups is 1. The fraction of sp³-hybridized carbons (Fsp3) is 0.148. The van der Waals surface area contributed by atoms with Gasteiger partial charge in [0.25, 0.3) is 5.78 Å². The first-order chi connectivity index (χ1) is 17.4. The summed E-state index contributed by atoms with van der Waals surface area (Å²) >= 11 is 0. The molecule has 1 aromatic heterocycles. The van der Waals surface area contributed by atoms with E-state index in [4.69, 9.17) is 4.74 Å². The minimum Gasteiger partial charge on any atom is -0.507 e. The van der Waals surface area contributed by atoms with E-state index in [1.807, 2.05) is 18.0 Å². The summed E-state index contributed by atoms with van der Waals surface area (Å²) in [5, 5.41) is 11.4. The summed E-state index contributed by atoms with van der Waals surface area (Å²) in [6.07, 6.45) is 0. The van der Waals surface area contributed by atoms with Gasteiger partial charge in [-0.3, -0.25) is 14.5 Å². The molecule has 1 fully saturated rings. The summed E-state index contributed by atoms with van der Waals surface area (Å²) < 4.78 is 19.5. The van der Waals surface area contributed by atoms with Gasteiger partial charge in [-0.25, -0.2) is 9.37 Å². The smallest absolute Gasteiger partial charge is 0.302 e. The van der Waals surface area contributed by atoms with E-state index in [-0.39, 0.29) is 17.3 Å². The van der Waals surface area contributed by atoms with Gasteiger partial charge < -0.3 is 19.7 Å². The number of carbonyl (C=O) groups is 2. The Labute approximate surface area is 205 Å². The molecule has 0 radical (unpaired) electrons. The van der Waals surface area contributed by atoms with Crippen LogP contribution < -0.4 is 14.5 Å². The van der Waals surface area contributed by atoms with Gasteiger partial charge in [0.15, 0.2) is 0 Å². The number of aromatic amines is 1. The quantitative estimate of drug-likeness (QED) is 0.258. The molecule has 1 amide bonds. The zero-order valence-electron chi connectivity index (χ0n) is 19.2. The van der Waals surface area contributed by atoms with Crippen molar-refractivity contribution in [2.45, 2.75) is 6.04 Å². The van der Waals surface area contributed by atoms with Gasteiger partial charge in [-0.1, -0.05) is 30.3 Å². The summed E-state index contributed by atoms with van der Waals surface area (Å²) in [6, 6.07) is 17.2. The second-order valence-electron chi connectivity index (χ2n) is 8.75. The van der Waals surface area contributed by atoms with Gasteiger partial charge in [0.2, 0.25) is 5.95 Å². The van der Waals surface area contributed by atoms with Crippen molar-refractivity contribution in [1.29, 1.82) is 0 Å². The van der Waals surface area contributed by atoms with Crippen molar-refractivity contribution in [3.05, 3.63) is 89.2 Å². The molecule has 1 saturated heterocycles. The molecule has 2 aliphatic heterocycles. The Balaban J connectivity index is 1.53. The van der Waals surface area contributed by atoms with E-state index in [0.29, 0.717) is 41.1 Å². The van der Waals surface area contributed by atoms with Crippen molar-refractivity contribution in [3.8, 4) is 5.75 Å². The second-order valence-corrected chi connectivity index (χ2v) is 8.75. The molecule has 3 aromatic carbocycles. The number of hydrogen-bond donors (Lipinski definition) is 2. The van der Waals surface area contributed by atoms with Crippen LogP contribution in [0.25, 0.3) is 16.8 Å². The number of nitrogens with zero attached hydrogens (tertiary/aromatic N) is 3. The molecule has 180 valence electrons. The maximum Gasteiger partial charge on any atom is 0.302 e. The molecular weight excluding hydrogens is 463 g/mol. The molecule has 0 spiro atoms. The lowest BCUT2D eigenvalue weighted by Gasteiger charge is -2.28. The van der Waals surface area contributed by atoms with Gasteiger partial charge in [0.05, 0.1) is 34.9 Å². The van der Waals surface area contributed by atoms with Gasteiger partial charge in [-0.15, -0.1) is 0 Å². The number of benzene rings is 3. The average molecular weight is 484 g/mol. The van der Waals surface area contributed by atoms with Crippen LogP contribution in [-0.2, 0) is 9.59 Å².